The van der Waals surface area contributed by atoms with E-state index in [2.05, 4.69) is 10.1 Å². The zero-order chi connectivity index (χ0) is 18.5. The van der Waals surface area contributed by atoms with Gasteiger partial charge in [0.05, 0.1) is 11.1 Å². The first kappa shape index (κ1) is 15.7. The van der Waals surface area contributed by atoms with Crippen LogP contribution in [0.3, 0.4) is 0 Å². The molecule has 6 heteroatoms. The minimum Gasteiger partial charge on any atom is -0.454 e. The van der Waals surface area contributed by atoms with Crippen LogP contribution in [0.1, 0.15) is 11.1 Å². The van der Waals surface area contributed by atoms with E-state index in [1.807, 2.05) is 56.3 Å². The normalized spacial score (nSPS) is 12.7. The second kappa shape index (κ2) is 5.74. The molecule has 6 nitrogen and oxygen atoms in total. The number of pyridine rings is 1. The maximum atomic E-state index is 13.2. The van der Waals surface area contributed by atoms with E-state index in [9.17, 15) is 4.79 Å². The molecule has 0 saturated heterocycles. The quantitative estimate of drug-likeness (QED) is 0.592. The molecule has 1 N–H and O–H groups in total. The van der Waals surface area contributed by atoms with Gasteiger partial charge in [-0.1, -0.05) is 12.1 Å². The van der Waals surface area contributed by atoms with Crippen LogP contribution in [0, 0.1) is 13.8 Å². The molecular weight excluding hydrogens is 342 g/mol. The van der Waals surface area contributed by atoms with Crippen LogP contribution in [0.5, 0.6) is 11.5 Å². The smallest absolute Gasteiger partial charge is 0.281 e. The van der Waals surface area contributed by atoms with Crippen LogP contribution < -0.4 is 15.0 Å². The molecular formula is C21H17N3O3. The van der Waals surface area contributed by atoms with Gasteiger partial charge in [0.1, 0.15) is 0 Å². The topological polar surface area (TPSA) is 69.1 Å². The minimum atomic E-state index is -0.131. The second-order valence-corrected chi connectivity index (χ2v) is 6.67. The van der Waals surface area contributed by atoms with E-state index < -0.39 is 0 Å². The van der Waals surface area contributed by atoms with Gasteiger partial charge in [0.25, 0.3) is 5.56 Å². The van der Waals surface area contributed by atoms with Crippen molar-refractivity contribution in [3.63, 3.8) is 0 Å². The van der Waals surface area contributed by atoms with Crippen LogP contribution in [0.25, 0.3) is 27.8 Å². The number of ether oxygens (including phenoxy) is 2. The van der Waals surface area contributed by atoms with Crippen LogP contribution in [0.15, 0.2) is 53.5 Å². The summed E-state index contributed by atoms with van der Waals surface area (Å²) in [6.45, 7) is 4.30. The number of nitrogens with zero attached hydrogens (tertiary/aromatic N) is 2. The third-order valence-electron chi connectivity index (χ3n) is 5.02. The van der Waals surface area contributed by atoms with Gasteiger partial charge in [-0.05, 0) is 66.4 Å². The van der Waals surface area contributed by atoms with E-state index in [0.29, 0.717) is 22.5 Å². The SMILES string of the molecule is Cc1ccc(-n2[nH]c3nccc(-c4ccc5c(c4)OCO5)c3c2=O)cc1C. The lowest BCUT2D eigenvalue weighted by atomic mass is 10.0. The molecule has 1 aliphatic heterocycles. The fourth-order valence-electron chi connectivity index (χ4n) is 3.38. The van der Waals surface area contributed by atoms with E-state index in [-0.39, 0.29) is 12.4 Å². The summed E-state index contributed by atoms with van der Waals surface area (Å²) in [4.78, 5) is 17.5. The molecule has 3 heterocycles. The number of benzene rings is 2. The molecule has 0 unspecified atom stereocenters. The van der Waals surface area contributed by atoms with Crippen molar-refractivity contribution in [1.82, 2.24) is 14.8 Å². The van der Waals surface area contributed by atoms with Gasteiger partial charge in [0.2, 0.25) is 6.79 Å². The maximum Gasteiger partial charge on any atom is 0.281 e. The molecule has 1 aliphatic rings. The third-order valence-corrected chi connectivity index (χ3v) is 5.02. The number of nitrogens with one attached hydrogen (secondary N) is 1. The average Bonchev–Trinajstić information content (AvgIpc) is 3.28. The van der Waals surface area contributed by atoms with E-state index in [4.69, 9.17) is 9.47 Å². The Morgan fingerprint density at radius 3 is 2.70 bits per heavy atom. The Morgan fingerprint density at radius 1 is 1.00 bits per heavy atom. The van der Waals surface area contributed by atoms with Gasteiger partial charge >= 0.3 is 0 Å². The molecule has 0 bridgehead atoms. The van der Waals surface area contributed by atoms with Gasteiger partial charge < -0.3 is 9.47 Å². The third kappa shape index (κ3) is 2.41. The van der Waals surface area contributed by atoms with Crippen molar-refractivity contribution in [1.29, 1.82) is 0 Å². The highest BCUT2D eigenvalue weighted by Crippen LogP contribution is 2.37. The highest BCUT2D eigenvalue weighted by Gasteiger charge is 2.18. The summed E-state index contributed by atoms with van der Waals surface area (Å²) in [5.41, 5.74) is 5.21. The summed E-state index contributed by atoms with van der Waals surface area (Å²) in [7, 11) is 0. The standard InChI is InChI=1S/C21H17N3O3/c1-12-3-5-15(9-13(12)2)24-21(25)19-16(7-8-22-20(19)23-24)14-4-6-17-18(10-14)27-11-26-17/h3-10H,11H2,1-2H3,(H,22,23). The molecule has 0 aliphatic carbocycles. The Bertz CT molecular complexity index is 1250. The van der Waals surface area contributed by atoms with Gasteiger partial charge in [0, 0.05) is 6.20 Å². The summed E-state index contributed by atoms with van der Waals surface area (Å²) in [5, 5.41) is 3.68. The molecule has 0 fully saturated rings. The van der Waals surface area contributed by atoms with Crippen molar-refractivity contribution in [3.8, 4) is 28.3 Å². The lowest BCUT2D eigenvalue weighted by Gasteiger charge is -2.05. The maximum absolute atomic E-state index is 13.2. The summed E-state index contributed by atoms with van der Waals surface area (Å²) in [6, 6.07) is 13.5. The molecule has 5 rings (SSSR count). The molecule has 0 saturated carbocycles. The van der Waals surface area contributed by atoms with Crippen molar-refractivity contribution in [2.75, 3.05) is 6.79 Å². The Hall–Kier alpha value is -3.54. The highest BCUT2D eigenvalue weighted by molar-refractivity contribution is 5.92. The number of aromatic nitrogens is 3. The Balaban J connectivity index is 1.72. The zero-order valence-electron chi connectivity index (χ0n) is 14.9. The lowest BCUT2D eigenvalue weighted by molar-refractivity contribution is 0.174. The molecule has 0 spiro atoms. The molecule has 2 aromatic heterocycles. The van der Waals surface area contributed by atoms with Crippen LogP contribution in [-0.4, -0.2) is 21.6 Å². The molecule has 0 atom stereocenters. The number of fused-ring (bicyclic) bond motifs is 2. The Kier molecular flexibility index (Phi) is 3.33. The molecule has 4 aromatic rings. The van der Waals surface area contributed by atoms with Gasteiger partial charge in [-0.15, -0.1) is 0 Å². The first-order valence-electron chi connectivity index (χ1n) is 8.69. The molecule has 0 radical (unpaired) electrons. The molecule has 0 amide bonds. The van der Waals surface area contributed by atoms with Crippen LogP contribution in [0.4, 0.5) is 0 Å². The van der Waals surface area contributed by atoms with Crippen LogP contribution in [0.2, 0.25) is 0 Å². The Morgan fingerprint density at radius 2 is 1.85 bits per heavy atom. The van der Waals surface area contributed by atoms with Gasteiger partial charge in [0.15, 0.2) is 17.1 Å². The van der Waals surface area contributed by atoms with Crippen molar-refractivity contribution < 1.29 is 9.47 Å². The van der Waals surface area contributed by atoms with Gasteiger partial charge in [-0.3, -0.25) is 9.89 Å². The van der Waals surface area contributed by atoms with Gasteiger partial charge in [-0.2, -0.15) is 0 Å². The highest BCUT2D eigenvalue weighted by atomic mass is 16.7. The van der Waals surface area contributed by atoms with Gasteiger partial charge in [-0.25, -0.2) is 9.67 Å². The number of hydrogen-bond acceptors (Lipinski definition) is 4. The number of aromatic amines is 1. The average molecular weight is 359 g/mol. The van der Waals surface area contributed by atoms with Crippen molar-refractivity contribution >= 4 is 11.0 Å². The number of rotatable bonds is 2. The van der Waals surface area contributed by atoms with E-state index >= 15 is 0 Å². The lowest BCUT2D eigenvalue weighted by Crippen LogP contribution is -2.14. The monoisotopic (exact) mass is 359 g/mol. The van der Waals surface area contributed by atoms with Crippen molar-refractivity contribution in [3.05, 3.63) is 70.1 Å². The summed E-state index contributed by atoms with van der Waals surface area (Å²) in [5.74, 6) is 1.40. The largest absolute Gasteiger partial charge is 0.454 e. The van der Waals surface area contributed by atoms with E-state index in [1.54, 1.807) is 10.9 Å². The summed E-state index contributed by atoms with van der Waals surface area (Å²) in [6.07, 6.45) is 1.70. The zero-order valence-corrected chi connectivity index (χ0v) is 14.9. The van der Waals surface area contributed by atoms with Crippen LogP contribution in [-0.2, 0) is 0 Å². The first-order chi connectivity index (χ1) is 13.1. The molecule has 27 heavy (non-hydrogen) atoms. The van der Waals surface area contributed by atoms with E-state index in [1.165, 1.54) is 5.56 Å². The predicted molar refractivity (Wildman–Crippen MR) is 103 cm³/mol. The molecule has 2 aromatic carbocycles. The summed E-state index contributed by atoms with van der Waals surface area (Å²) < 4.78 is 12.4. The van der Waals surface area contributed by atoms with Crippen molar-refractivity contribution in [2.24, 2.45) is 0 Å². The molecule has 134 valence electrons. The second-order valence-electron chi connectivity index (χ2n) is 6.67. The van der Waals surface area contributed by atoms with Crippen LogP contribution >= 0.6 is 0 Å². The number of hydrogen-bond donors (Lipinski definition) is 1. The number of H-pyrrole nitrogens is 1. The van der Waals surface area contributed by atoms with E-state index in [0.717, 1.165) is 22.4 Å². The minimum absolute atomic E-state index is 0.131. The first-order valence-corrected chi connectivity index (χ1v) is 8.69. The number of aryl methyl sites for hydroxylation is 2. The fourth-order valence-corrected chi connectivity index (χ4v) is 3.38. The summed E-state index contributed by atoms with van der Waals surface area (Å²) >= 11 is 0. The van der Waals surface area contributed by atoms with Crippen molar-refractivity contribution in [2.45, 2.75) is 13.8 Å². The Labute approximate surface area is 155 Å². The predicted octanol–water partition coefficient (Wildman–Crippen LogP) is 3.73. The fraction of sp³-hybridized carbons (Fsp3) is 0.143.